The third-order valence-corrected chi connectivity index (χ3v) is 3.75. The lowest BCUT2D eigenvalue weighted by molar-refractivity contribution is 0.165. The van der Waals surface area contributed by atoms with E-state index >= 15 is 0 Å². The van der Waals surface area contributed by atoms with Crippen LogP contribution in [0.3, 0.4) is 0 Å². The molecule has 0 aliphatic heterocycles. The molecule has 0 fully saturated rings. The first-order valence-corrected chi connectivity index (χ1v) is 6.04. The largest absolute Gasteiger partial charge is 0.314 e. The number of hydrogen-bond acceptors (Lipinski definition) is 1. The molecule has 0 aromatic heterocycles. The number of hydrogen-bond donors (Lipinski definition) is 1. The zero-order valence-electron chi connectivity index (χ0n) is 11.1. The maximum absolute atomic E-state index is 3.61. The van der Waals surface area contributed by atoms with Crippen LogP contribution in [0.1, 0.15) is 54.9 Å². The van der Waals surface area contributed by atoms with E-state index in [-0.39, 0.29) is 0 Å². The SMILES string of the molecule is CCC(C)NCC(C)(C)C(C)C(C)C. The topological polar surface area (TPSA) is 12.0 Å². The van der Waals surface area contributed by atoms with E-state index in [0.717, 1.165) is 18.4 Å². The monoisotopic (exact) mass is 199 g/mol. The Morgan fingerprint density at radius 2 is 1.57 bits per heavy atom. The summed E-state index contributed by atoms with van der Waals surface area (Å²) in [6.07, 6.45) is 1.21. The highest BCUT2D eigenvalue weighted by molar-refractivity contribution is 4.80. The normalized spacial score (nSPS) is 17.1. The fourth-order valence-corrected chi connectivity index (χ4v) is 1.64. The van der Waals surface area contributed by atoms with Crippen molar-refractivity contribution in [3.05, 3.63) is 0 Å². The van der Waals surface area contributed by atoms with Crippen molar-refractivity contribution in [2.24, 2.45) is 17.3 Å². The first-order chi connectivity index (χ1) is 6.31. The number of rotatable bonds is 6. The second-order valence-electron chi connectivity index (χ2n) is 5.71. The van der Waals surface area contributed by atoms with E-state index in [1.807, 2.05) is 0 Å². The van der Waals surface area contributed by atoms with Crippen LogP contribution < -0.4 is 5.32 Å². The molecule has 0 spiro atoms. The van der Waals surface area contributed by atoms with Gasteiger partial charge < -0.3 is 5.32 Å². The van der Waals surface area contributed by atoms with E-state index in [0.29, 0.717) is 11.5 Å². The van der Waals surface area contributed by atoms with Gasteiger partial charge in [-0.3, -0.25) is 0 Å². The van der Waals surface area contributed by atoms with E-state index < -0.39 is 0 Å². The van der Waals surface area contributed by atoms with E-state index in [9.17, 15) is 0 Å². The molecule has 0 aromatic carbocycles. The van der Waals surface area contributed by atoms with Crippen molar-refractivity contribution < 1.29 is 0 Å². The molecule has 1 nitrogen and oxygen atoms in total. The third-order valence-electron chi connectivity index (χ3n) is 3.75. The quantitative estimate of drug-likeness (QED) is 0.688. The van der Waals surface area contributed by atoms with E-state index in [4.69, 9.17) is 0 Å². The van der Waals surface area contributed by atoms with Gasteiger partial charge >= 0.3 is 0 Å². The van der Waals surface area contributed by atoms with Crippen LogP contribution in [-0.2, 0) is 0 Å². The Bertz CT molecular complexity index is 149. The van der Waals surface area contributed by atoms with Gasteiger partial charge in [-0.25, -0.2) is 0 Å². The molecular weight excluding hydrogens is 170 g/mol. The second kappa shape index (κ2) is 5.75. The highest BCUT2D eigenvalue weighted by Crippen LogP contribution is 2.31. The Morgan fingerprint density at radius 1 is 1.07 bits per heavy atom. The maximum Gasteiger partial charge on any atom is 0.00363 e. The maximum atomic E-state index is 3.61. The van der Waals surface area contributed by atoms with Gasteiger partial charge in [-0.1, -0.05) is 41.5 Å². The zero-order chi connectivity index (χ0) is 11.4. The first-order valence-electron chi connectivity index (χ1n) is 6.04. The summed E-state index contributed by atoms with van der Waals surface area (Å²) >= 11 is 0. The average molecular weight is 199 g/mol. The van der Waals surface area contributed by atoms with Gasteiger partial charge in [-0.05, 0) is 30.6 Å². The molecule has 0 aliphatic carbocycles. The fourth-order valence-electron chi connectivity index (χ4n) is 1.64. The van der Waals surface area contributed by atoms with Crippen molar-refractivity contribution in [1.29, 1.82) is 0 Å². The molecule has 0 amide bonds. The molecule has 14 heavy (non-hydrogen) atoms. The van der Waals surface area contributed by atoms with Crippen LogP contribution in [0.5, 0.6) is 0 Å². The standard InChI is InChI=1S/C13H29N/c1-8-11(4)14-9-13(6,7)12(5)10(2)3/h10-12,14H,8-9H2,1-7H3. The van der Waals surface area contributed by atoms with E-state index in [2.05, 4.69) is 53.8 Å². The minimum atomic E-state index is 0.400. The molecule has 0 saturated carbocycles. The first kappa shape index (κ1) is 14.0. The van der Waals surface area contributed by atoms with Gasteiger partial charge in [0.25, 0.3) is 0 Å². The van der Waals surface area contributed by atoms with E-state index in [1.165, 1.54) is 6.42 Å². The van der Waals surface area contributed by atoms with Crippen molar-refractivity contribution in [2.45, 2.75) is 60.9 Å². The molecule has 0 aliphatic rings. The summed E-state index contributed by atoms with van der Waals surface area (Å²) < 4.78 is 0. The molecule has 1 heteroatoms. The van der Waals surface area contributed by atoms with E-state index in [1.54, 1.807) is 0 Å². The van der Waals surface area contributed by atoms with Gasteiger partial charge in [0.15, 0.2) is 0 Å². The summed E-state index contributed by atoms with van der Waals surface area (Å²) in [4.78, 5) is 0. The summed E-state index contributed by atoms with van der Waals surface area (Å²) in [6.45, 7) is 17.3. The molecule has 1 N–H and O–H groups in total. The molecule has 0 bridgehead atoms. The summed E-state index contributed by atoms with van der Waals surface area (Å²) in [5, 5.41) is 3.61. The van der Waals surface area contributed by atoms with Gasteiger partial charge in [-0.2, -0.15) is 0 Å². The Balaban J connectivity index is 4.06. The molecule has 2 atom stereocenters. The van der Waals surface area contributed by atoms with Crippen LogP contribution in [0.2, 0.25) is 0 Å². The average Bonchev–Trinajstić information content (AvgIpc) is 2.12. The van der Waals surface area contributed by atoms with Crippen molar-refractivity contribution in [2.75, 3.05) is 6.54 Å². The van der Waals surface area contributed by atoms with Crippen molar-refractivity contribution >= 4 is 0 Å². The smallest absolute Gasteiger partial charge is 0.00363 e. The molecule has 2 unspecified atom stereocenters. The van der Waals surface area contributed by atoms with Crippen molar-refractivity contribution in [3.8, 4) is 0 Å². The Kier molecular flexibility index (Phi) is 5.73. The number of nitrogens with one attached hydrogen (secondary N) is 1. The van der Waals surface area contributed by atoms with Gasteiger partial charge in [0, 0.05) is 12.6 Å². The second-order valence-corrected chi connectivity index (χ2v) is 5.71. The molecule has 0 aromatic rings. The van der Waals surface area contributed by atoms with Crippen molar-refractivity contribution in [3.63, 3.8) is 0 Å². The summed E-state index contributed by atoms with van der Waals surface area (Å²) in [6, 6.07) is 0.647. The minimum Gasteiger partial charge on any atom is -0.314 e. The van der Waals surface area contributed by atoms with Crippen LogP contribution >= 0.6 is 0 Å². The van der Waals surface area contributed by atoms with Crippen LogP contribution in [0, 0.1) is 17.3 Å². The lowest BCUT2D eigenvalue weighted by Gasteiger charge is -2.35. The highest BCUT2D eigenvalue weighted by atomic mass is 14.9. The van der Waals surface area contributed by atoms with Gasteiger partial charge in [0.2, 0.25) is 0 Å². The van der Waals surface area contributed by atoms with Gasteiger partial charge in [-0.15, -0.1) is 0 Å². The summed E-state index contributed by atoms with van der Waals surface area (Å²) in [5.41, 5.74) is 0.400. The Morgan fingerprint density at radius 3 is 1.93 bits per heavy atom. The molecule has 0 rings (SSSR count). The van der Waals surface area contributed by atoms with Gasteiger partial charge in [0.05, 0.1) is 0 Å². The predicted molar refractivity (Wildman–Crippen MR) is 65.5 cm³/mol. The summed E-state index contributed by atoms with van der Waals surface area (Å²) in [7, 11) is 0. The molecule has 0 heterocycles. The Hall–Kier alpha value is -0.0400. The molecule has 86 valence electrons. The van der Waals surface area contributed by atoms with Crippen LogP contribution in [0.25, 0.3) is 0 Å². The van der Waals surface area contributed by atoms with Crippen LogP contribution in [0.4, 0.5) is 0 Å². The van der Waals surface area contributed by atoms with Gasteiger partial charge in [0.1, 0.15) is 0 Å². The third kappa shape index (κ3) is 4.45. The lowest BCUT2D eigenvalue weighted by atomic mass is 9.74. The lowest BCUT2D eigenvalue weighted by Crippen LogP contribution is -2.40. The molecule has 0 radical (unpaired) electrons. The van der Waals surface area contributed by atoms with Crippen LogP contribution in [-0.4, -0.2) is 12.6 Å². The molecule has 0 saturated heterocycles. The zero-order valence-corrected chi connectivity index (χ0v) is 11.1. The Labute approximate surface area is 90.7 Å². The predicted octanol–water partition coefficient (Wildman–Crippen LogP) is 3.69. The summed E-state index contributed by atoms with van der Waals surface area (Å²) in [5.74, 6) is 1.53. The fraction of sp³-hybridized carbons (Fsp3) is 1.00. The minimum absolute atomic E-state index is 0.400. The highest BCUT2D eigenvalue weighted by Gasteiger charge is 2.27. The van der Waals surface area contributed by atoms with Crippen molar-refractivity contribution in [1.82, 2.24) is 5.32 Å². The molecular formula is C13H29N. The van der Waals surface area contributed by atoms with Crippen LogP contribution in [0.15, 0.2) is 0 Å².